The Bertz CT molecular complexity index is 1440. The molecule has 3 aromatic heterocycles. The lowest BCUT2D eigenvalue weighted by Crippen LogP contribution is -2.36. The van der Waals surface area contributed by atoms with Crippen LogP contribution in [0.25, 0.3) is 21.3 Å². The summed E-state index contributed by atoms with van der Waals surface area (Å²) in [4.78, 5) is 24.4. The van der Waals surface area contributed by atoms with Gasteiger partial charge in [-0.2, -0.15) is 0 Å². The summed E-state index contributed by atoms with van der Waals surface area (Å²) in [5, 5.41) is 5.97. The topological polar surface area (TPSA) is 73.1 Å². The predicted molar refractivity (Wildman–Crippen MR) is 136 cm³/mol. The summed E-state index contributed by atoms with van der Waals surface area (Å²) < 4.78 is 8.70. The first-order valence-corrected chi connectivity index (χ1v) is 11.9. The molecule has 34 heavy (non-hydrogen) atoms. The summed E-state index contributed by atoms with van der Waals surface area (Å²) in [6, 6.07) is 20.0. The number of thiazole rings is 1. The molecule has 0 unspecified atom stereocenters. The molecule has 0 aliphatic carbocycles. The number of amides is 1. The van der Waals surface area contributed by atoms with E-state index in [1.165, 1.54) is 11.3 Å². The van der Waals surface area contributed by atoms with Gasteiger partial charge in [-0.05, 0) is 49.6 Å². The minimum Gasteiger partial charge on any atom is -0.466 e. The van der Waals surface area contributed by atoms with E-state index in [1.54, 1.807) is 9.58 Å². The number of hydrogen-bond donors (Lipinski definition) is 0. The monoisotopic (exact) mass is 471 g/mol. The van der Waals surface area contributed by atoms with Gasteiger partial charge in [0.1, 0.15) is 0 Å². The van der Waals surface area contributed by atoms with Crippen molar-refractivity contribution in [2.45, 2.75) is 20.3 Å². The number of carbonyl (C=O) groups excluding carboxylic acids is 1. The number of anilines is 1. The second-order valence-corrected chi connectivity index (χ2v) is 9.25. The van der Waals surface area contributed by atoms with Crippen LogP contribution in [0.2, 0.25) is 0 Å². The highest BCUT2D eigenvalue weighted by Gasteiger charge is 2.22. The van der Waals surface area contributed by atoms with Crippen LogP contribution in [0.3, 0.4) is 0 Å². The maximum atomic E-state index is 13.4. The van der Waals surface area contributed by atoms with Gasteiger partial charge in [-0.25, -0.2) is 14.6 Å². The molecule has 0 atom stereocenters. The van der Waals surface area contributed by atoms with E-state index in [0.29, 0.717) is 17.6 Å². The maximum Gasteiger partial charge on any atom is 0.266 e. The Morgan fingerprint density at radius 1 is 1.06 bits per heavy atom. The van der Waals surface area contributed by atoms with Crippen LogP contribution in [0.5, 0.6) is 5.88 Å². The Balaban J connectivity index is 1.40. The molecule has 2 aromatic carbocycles. The van der Waals surface area contributed by atoms with E-state index in [9.17, 15) is 4.79 Å². The molecule has 5 rings (SSSR count). The highest BCUT2D eigenvalue weighted by molar-refractivity contribution is 7.22. The van der Waals surface area contributed by atoms with Crippen LogP contribution < -0.4 is 9.64 Å². The Labute approximate surface area is 201 Å². The minimum absolute atomic E-state index is 0.135. The van der Waals surface area contributed by atoms with E-state index in [4.69, 9.17) is 9.72 Å². The van der Waals surface area contributed by atoms with Gasteiger partial charge in [0.05, 0.1) is 15.6 Å². The SMILES string of the molecule is Cc1cc(C)c2c(OCC(=O)N(CCc3ccccc3)c3nc4ccccc4s3)nn(C)c2n1. The van der Waals surface area contributed by atoms with E-state index in [0.717, 1.165) is 44.5 Å². The van der Waals surface area contributed by atoms with Gasteiger partial charge < -0.3 is 4.74 Å². The standard InChI is InChI=1S/C26H25N5O2S/c1-17-15-18(2)27-24-23(17)25(29-30(24)3)33-16-22(32)31(14-13-19-9-5-4-6-10-19)26-28-20-11-7-8-12-21(20)34-26/h4-12,15H,13-14,16H2,1-3H3. The van der Waals surface area contributed by atoms with Crippen LogP contribution in [0.4, 0.5) is 5.13 Å². The first kappa shape index (κ1) is 22.0. The number of benzene rings is 2. The summed E-state index contributed by atoms with van der Waals surface area (Å²) in [6.07, 6.45) is 0.720. The quantitative estimate of drug-likeness (QED) is 0.339. The smallest absolute Gasteiger partial charge is 0.266 e. The lowest BCUT2D eigenvalue weighted by atomic mass is 10.1. The molecule has 0 fully saturated rings. The van der Waals surface area contributed by atoms with Crippen molar-refractivity contribution in [1.29, 1.82) is 0 Å². The summed E-state index contributed by atoms with van der Waals surface area (Å²) in [5.41, 5.74) is 4.72. The van der Waals surface area contributed by atoms with Crippen molar-refractivity contribution in [2.24, 2.45) is 7.05 Å². The van der Waals surface area contributed by atoms with Crippen molar-refractivity contribution in [2.75, 3.05) is 18.1 Å². The normalized spacial score (nSPS) is 11.3. The van der Waals surface area contributed by atoms with Crippen LogP contribution >= 0.6 is 11.3 Å². The second-order valence-electron chi connectivity index (χ2n) is 8.24. The van der Waals surface area contributed by atoms with Crippen molar-refractivity contribution in [3.05, 3.63) is 77.5 Å². The Kier molecular flexibility index (Phi) is 5.98. The highest BCUT2D eigenvalue weighted by atomic mass is 32.1. The van der Waals surface area contributed by atoms with Crippen molar-refractivity contribution < 1.29 is 9.53 Å². The zero-order valence-electron chi connectivity index (χ0n) is 19.4. The number of hydrogen-bond acceptors (Lipinski definition) is 6. The lowest BCUT2D eigenvalue weighted by molar-refractivity contribution is -0.120. The molecule has 0 bridgehead atoms. The molecule has 0 N–H and O–H groups in total. The van der Waals surface area contributed by atoms with Crippen LogP contribution in [-0.2, 0) is 18.3 Å². The number of ether oxygens (including phenoxy) is 1. The molecule has 0 radical (unpaired) electrons. The molecule has 3 heterocycles. The summed E-state index contributed by atoms with van der Waals surface area (Å²) in [6.45, 7) is 4.33. The van der Waals surface area contributed by atoms with Gasteiger partial charge >= 0.3 is 0 Å². The van der Waals surface area contributed by atoms with Gasteiger partial charge in [-0.15, -0.1) is 5.10 Å². The molecular weight excluding hydrogens is 446 g/mol. The van der Waals surface area contributed by atoms with Crippen molar-refractivity contribution in [3.63, 3.8) is 0 Å². The van der Waals surface area contributed by atoms with Crippen molar-refractivity contribution in [1.82, 2.24) is 19.7 Å². The summed E-state index contributed by atoms with van der Waals surface area (Å²) in [7, 11) is 1.83. The number of carbonyl (C=O) groups is 1. The van der Waals surface area contributed by atoms with Crippen LogP contribution in [0, 0.1) is 13.8 Å². The van der Waals surface area contributed by atoms with Crippen LogP contribution in [0.15, 0.2) is 60.7 Å². The van der Waals surface area contributed by atoms with Crippen molar-refractivity contribution in [3.8, 4) is 5.88 Å². The van der Waals surface area contributed by atoms with E-state index in [1.807, 2.05) is 69.4 Å². The summed E-state index contributed by atoms with van der Waals surface area (Å²) in [5.74, 6) is 0.259. The van der Waals surface area contributed by atoms with Gasteiger partial charge in [0.15, 0.2) is 17.4 Å². The van der Waals surface area contributed by atoms with E-state index in [-0.39, 0.29) is 12.5 Å². The van der Waals surface area contributed by atoms with Gasteiger partial charge in [-0.1, -0.05) is 53.8 Å². The lowest BCUT2D eigenvalue weighted by Gasteiger charge is -2.20. The Morgan fingerprint density at radius 3 is 2.62 bits per heavy atom. The molecule has 7 nitrogen and oxygen atoms in total. The average molecular weight is 472 g/mol. The molecule has 0 spiro atoms. The maximum absolute atomic E-state index is 13.4. The van der Waals surface area contributed by atoms with E-state index < -0.39 is 0 Å². The third kappa shape index (κ3) is 4.36. The number of fused-ring (bicyclic) bond motifs is 2. The van der Waals surface area contributed by atoms with E-state index in [2.05, 4.69) is 22.2 Å². The number of nitrogens with zero attached hydrogens (tertiary/aromatic N) is 5. The fourth-order valence-electron chi connectivity index (χ4n) is 4.05. The van der Waals surface area contributed by atoms with Crippen molar-refractivity contribution >= 4 is 43.6 Å². The predicted octanol–water partition coefficient (Wildman–Crippen LogP) is 4.85. The molecule has 0 aliphatic heterocycles. The van der Waals surface area contributed by atoms with E-state index >= 15 is 0 Å². The van der Waals surface area contributed by atoms with Gasteiger partial charge in [-0.3, -0.25) is 9.69 Å². The number of aryl methyl sites for hydroxylation is 3. The minimum atomic E-state index is -0.161. The fourth-order valence-corrected chi connectivity index (χ4v) is 5.06. The highest BCUT2D eigenvalue weighted by Crippen LogP contribution is 2.30. The molecule has 5 aromatic rings. The Morgan fingerprint density at radius 2 is 1.82 bits per heavy atom. The van der Waals surface area contributed by atoms with Crippen LogP contribution in [0.1, 0.15) is 16.8 Å². The largest absolute Gasteiger partial charge is 0.466 e. The first-order chi connectivity index (χ1) is 16.5. The first-order valence-electron chi connectivity index (χ1n) is 11.1. The molecular formula is C26H25N5O2S. The summed E-state index contributed by atoms with van der Waals surface area (Å²) >= 11 is 1.51. The fraction of sp³-hybridized carbons (Fsp3) is 0.231. The van der Waals surface area contributed by atoms with Crippen LogP contribution in [-0.4, -0.2) is 38.8 Å². The Hall–Kier alpha value is -3.78. The average Bonchev–Trinajstić information content (AvgIpc) is 3.39. The second kappa shape index (κ2) is 9.23. The molecule has 172 valence electrons. The van der Waals surface area contributed by atoms with Gasteiger partial charge in [0, 0.05) is 19.3 Å². The molecule has 0 saturated heterocycles. The number of pyridine rings is 1. The third-order valence-corrected chi connectivity index (χ3v) is 6.76. The zero-order chi connectivity index (χ0) is 23.7. The molecule has 1 amide bonds. The molecule has 0 aliphatic rings. The molecule has 0 saturated carbocycles. The third-order valence-electron chi connectivity index (χ3n) is 5.70. The molecule has 8 heteroatoms. The van der Waals surface area contributed by atoms with Gasteiger partial charge in [0.2, 0.25) is 5.88 Å². The zero-order valence-corrected chi connectivity index (χ0v) is 20.2. The number of aromatic nitrogens is 4. The van der Waals surface area contributed by atoms with Gasteiger partial charge in [0.25, 0.3) is 5.91 Å². The number of rotatable bonds is 7. The number of para-hydroxylation sites is 1.